The van der Waals surface area contributed by atoms with Crippen molar-refractivity contribution in [2.75, 3.05) is 18.5 Å². The van der Waals surface area contributed by atoms with Crippen LogP contribution in [-0.2, 0) is 6.54 Å². The van der Waals surface area contributed by atoms with Crippen molar-refractivity contribution in [2.24, 2.45) is 0 Å². The van der Waals surface area contributed by atoms with Crippen molar-refractivity contribution in [3.05, 3.63) is 41.8 Å². The van der Waals surface area contributed by atoms with Gasteiger partial charge in [-0.15, -0.1) is 0 Å². The fraction of sp³-hybridized carbons (Fsp3) is 0.333. The number of aryl methyl sites for hydroxylation is 1. The fourth-order valence-corrected chi connectivity index (χ4v) is 1.85. The molecule has 0 fully saturated rings. The zero-order valence-electron chi connectivity index (χ0n) is 10.1. The monoisotopic (exact) mass is 268 g/mol. The third-order valence-corrected chi connectivity index (χ3v) is 2.83. The lowest BCUT2D eigenvalue weighted by Crippen LogP contribution is -2.22. The van der Waals surface area contributed by atoms with Gasteiger partial charge in [-0.3, -0.25) is 0 Å². The van der Waals surface area contributed by atoms with E-state index in [1.54, 1.807) is 17.4 Å². The number of hydrogen-bond donors (Lipinski definition) is 0. The Morgan fingerprint density at radius 2 is 2.33 bits per heavy atom. The second-order valence-corrected chi connectivity index (χ2v) is 4.47. The molecule has 0 aliphatic carbocycles. The molecule has 2 rings (SSSR count). The molecule has 18 heavy (non-hydrogen) atoms. The molecule has 6 heteroatoms. The van der Waals surface area contributed by atoms with E-state index < -0.39 is 5.82 Å². The molecule has 0 bridgehead atoms. The Morgan fingerprint density at radius 1 is 1.50 bits per heavy atom. The van der Waals surface area contributed by atoms with Crippen LogP contribution in [0.3, 0.4) is 0 Å². The van der Waals surface area contributed by atoms with E-state index in [4.69, 9.17) is 11.6 Å². The molecule has 0 saturated carbocycles. The highest BCUT2D eigenvalue weighted by Gasteiger charge is 2.09. The normalized spacial score (nSPS) is 10.6. The summed E-state index contributed by atoms with van der Waals surface area (Å²) in [6.45, 7) is 1.56. The molecule has 4 nitrogen and oxygen atoms in total. The van der Waals surface area contributed by atoms with E-state index in [-0.39, 0.29) is 0 Å². The molecule has 0 radical (unpaired) electrons. The summed E-state index contributed by atoms with van der Waals surface area (Å²) < 4.78 is 15.6. The molecule has 0 amide bonds. The molecular weight excluding hydrogens is 255 g/mol. The third kappa shape index (κ3) is 3.20. The van der Waals surface area contributed by atoms with Crippen LogP contribution in [0.25, 0.3) is 0 Å². The van der Waals surface area contributed by atoms with E-state index in [0.717, 1.165) is 13.0 Å². The van der Waals surface area contributed by atoms with Crippen LogP contribution in [0.15, 0.2) is 31.0 Å². The van der Waals surface area contributed by atoms with Crippen LogP contribution >= 0.6 is 11.6 Å². The molecule has 96 valence electrons. The Hall–Kier alpha value is -1.62. The van der Waals surface area contributed by atoms with Crippen LogP contribution in [0.5, 0.6) is 0 Å². The maximum absolute atomic E-state index is 13.6. The zero-order chi connectivity index (χ0) is 13.0. The predicted octanol–water partition coefficient (Wildman–Crippen LogP) is 2.60. The highest BCUT2D eigenvalue weighted by atomic mass is 35.5. The van der Waals surface area contributed by atoms with Crippen LogP contribution in [0, 0.1) is 5.82 Å². The van der Waals surface area contributed by atoms with Gasteiger partial charge < -0.3 is 9.47 Å². The van der Waals surface area contributed by atoms with E-state index >= 15 is 0 Å². The first-order valence-electron chi connectivity index (χ1n) is 5.65. The first kappa shape index (κ1) is 12.8. The molecule has 0 aliphatic rings. The zero-order valence-corrected chi connectivity index (χ0v) is 10.8. The highest BCUT2D eigenvalue weighted by molar-refractivity contribution is 6.30. The van der Waals surface area contributed by atoms with Crippen molar-refractivity contribution < 1.29 is 4.39 Å². The Kier molecular flexibility index (Phi) is 4.15. The van der Waals surface area contributed by atoms with E-state index in [0.29, 0.717) is 17.4 Å². The van der Waals surface area contributed by atoms with Crippen molar-refractivity contribution in [1.82, 2.24) is 14.5 Å². The number of imidazole rings is 1. The lowest BCUT2D eigenvalue weighted by atomic mass is 10.3. The van der Waals surface area contributed by atoms with E-state index in [1.165, 1.54) is 12.3 Å². The predicted molar refractivity (Wildman–Crippen MR) is 69.3 cm³/mol. The summed E-state index contributed by atoms with van der Waals surface area (Å²) in [5, 5.41) is 0.308. The average Bonchev–Trinajstić information content (AvgIpc) is 2.81. The van der Waals surface area contributed by atoms with Crippen LogP contribution in [0.2, 0.25) is 5.02 Å². The summed E-state index contributed by atoms with van der Waals surface area (Å²) in [7, 11) is 1.81. The standard InChI is InChI=1S/C12H14ClFN4/c1-17(4-2-5-18-6-3-15-9-18)12-11(14)7-10(13)8-16-12/h3,6-9H,2,4-5H2,1H3. The number of pyridine rings is 1. The number of hydrogen-bond acceptors (Lipinski definition) is 3. The Balaban J connectivity index is 1.89. The van der Waals surface area contributed by atoms with Crippen LogP contribution in [0.1, 0.15) is 6.42 Å². The Labute approximate surface area is 110 Å². The molecule has 0 atom stereocenters. The molecule has 0 unspecified atom stereocenters. The quantitative estimate of drug-likeness (QED) is 0.836. The maximum Gasteiger partial charge on any atom is 0.167 e. The van der Waals surface area contributed by atoms with E-state index in [1.807, 2.05) is 17.8 Å². The summed E-state index contributed by atoms with van der Waals surface area (Å²) in [5.41, 5.74) is 0. The van der Waals surface area contributed by atoms with Gasteiger partial charge in [-0.1, -0.05) is 11.6 Å². The second-order valence-electron chi connectivity index (χ2n) is 4.03. The van der Waals surface area contributed by atoms with Crippen LogP contribution in [0.4, 0.5) is 10.2 Å². The Bertz CT molecular complexity index is 501. The average molecular weight is 269 g/mol. The van der Waals surface area contributed by atoms with E-state index in [2.05, 4.69) is 9.97 Å². The molecule has 0 N–H and O–H groups in total. The van der Waals surface area contributed by atoms with Gasteiger partial charge in [0.2, 0.25) is 0 Å². The van der Waals surface area contributed by atoms with Gasteiger partial charge in [-0.25, -0.2) is 14.4 Å². The second kappa shape index (κ2) is 5.82. The lowest BCUT2D eigenvalue weighted by molar-refractivity contribution is 0.600. The number of rotatable bonds is 5. The van der Waals surface area contributed by atoms with Gasteiger partial charge in [0.1, 0.15) is 0 Å². The number of nitrogens with zero attached hydrogens (tertiary/aromatic N) is 4. The van der Waals surface area contributed by atoms with Gasteiger partial charge in [0.15, 0.2) is 11.6 Å². The highest BCUT2D eigenvalue weighted by Crippen LogP contribution is 2.18. The Morgan fingerprint density at radius 3 is 3.00 bits per heavy atom. The largest absolute Gasteiger partial charge is 0.357 e. The van der Waals surface area contributed by atoms with Gasteiger partial charge in [-0.2, -0.15) is 0 Å². The maximum atomic E-state index is 13.6. The summed E-state index contributed by atoms with van der Waals surface area (Å²) in [6, 6.07) is 1.27. The minimum absolute atomic E-state index is 0.308. The molecule has 0 aliphatic heterocycles. The van der Waals surface area contributed by atoms with Crippen molar-refractivity contribution in [1.29, 1.82) is 0 Å². The van der Waals surface area contributed by atoms with Crippen molar-refractivity contribution in [3.63, 3.8) is 0 Å². The summed E-state index contributed by atoms with van der Waals surface area (Å²) in [5.74, 6) is -0.0716. The smallest absolute Gasteiger partial charge is 0.167 e. The van der Waals surface area contributed by atoms with Gasteiger partial charge in [0, 0.05) is 38.7 Å². The van der Waals surface area contributed by atoms with Crippen molar-refractivity contribution >= 4 is 17.4 Å². The first-order chi connectivity index (χ1) is 8.66. The lowest BCUT2D eigenvalue weighted by Gasteiger charge is -2.18. The summed E-state index contributed by atoms with van der Waals surface area (Å²) in [4.78, 5) is 9.74. The molecule has 0 saturated heterocycles. The van der Waals surface area contributed by atoms with Gasteiger partial charge in [0.25, 0.3) is 0 Å². The molecular formula is C12H14ClFN4. The topological polar surface area (TPSA) is 34.0 Å². The van der Waals surface area contributed by atoms with E-state index in [9.17, 15) is 4.39 Å². The van der Waals surface area contributed by atoms with Crippen LogP contribution in [-0.4, -0.2) is 28.1 Å². The van der Waals surface area contributed by atoms with Gasteiger partial charge in [-0.05, 0) is 12.5 Å². The first-order valence-corrected chi connectivity index (χ1v) is 6.02. The summed E-state index contributed by atoms with van der Waals surface area (Å²) in [6.07, 6.45) is 7.75. The number of aromatic nitrogens is 3. The minimum atomic E-state index is -0.396. The molecule has 0 aromatic carbocycles. The SMILES string of the molecule is CN(CCCn1ccnc1)c1ncc(Cl)cc1F. The molecule has 2 aromatic heterocycles. The van der Waals surface area contributed by atoms with Crippen LogP contribution < -0.4 is 4.90 Å². The van der Waals surface area contributed by atoms with Crippen molar-refractivity contribution in [3.8, 4) is 0 Å². The number of halogens is 2. The van der Waals surface area contributed by atoms with Crippen molar-refractivity contribution in [2.45, 2.75) is 13.0 Å². The number of anilines is 1. The summed E-state index contributed by atoms with van der Waals surface area (Å²) >= 11 is 5.66. The minimum Gasteiger partial charge on any atom is -0.357 e. The van der Waals surface area contributed by atoms with Gasteiger partial charge in [0.05, 0.1) is 11.3 Å². The third-order valence-electron chi connectivity index (χ3n) is 2.62. The molecule has 2 aromatic rings. The molecule has 2 heterocycles. The molecule has 0 spiro atoms. The van der Waals surface area contributed by atoms with Gasteiger partial charge >= 0.3 is 0 Å². The fourth-order valence-electron chi connectivity index (χ4n) is 1.70.